The predicted octanol–water partition coefficient (Wildman–Crippen LogP) is 6.28. The van der Waals surface area contributed by atoms with Crippen molar-refractivity contribution < 1.29 is 18.0 Å². The van der Waals surface area contributed by atoms with Crippen molar-refractivity contribution in [3.8, 4) is 0 Å². The SMILES string of the molecule is CCn1cc(C(=O)N=CC2CCC[C@H](Nc3cc(C(F)(F)F)nc4c3CC(C)C=C4)C2)c(C2CC2)n1. The van der Waals surface area contributed by atoms with Gasteiger partial charge in [-0.15, -0.1) is 0 Å². The van der Waals surface area contributed by atoms with Gasteiger partial charge < -0.3 is 5.32 Å². The monoisotopic (exact) mass is 499 g/mol. The number of pyridine rings is 1. The van der Waals surface area contributed by atoms with E-state index in [0.717, 1.165) is 49.4 Å². The number of nitrogens with one attached hydrogen (secondary N) is 1. The molecule has 2 aromatic heterocycles. The molecule has 9 heteroatoms. The van der Waals surface area contributed by atoms with Gasteiger partial charge in [-0.05, 0) is 69.4 Å². The van der Waals surface area contributed by atoms with E-state index in [0.29, 0.717) is 42.2 Å². The minimum absolute atomic E-state index is 0.00367. The summed E-state index contributed by atoms with van der Waals surface area (Å²) in [6.45, 7) is 4.74. The highest BCUT2D eigenvalue weighted by molar-refractivity contribution is 6.00. The minimum atomic E-state index is -4.50. The second kappa shape index (κ2) is 9.82. The fourth-order valence-corrected chi connectivity index (χ4v) is 5.24. The molecule has 3 atom stereocenters. The van der Waals surface area contributed by atoms with E-state index in [9.17, 15) is 18.0 Å². The van der Waals surface area contributed by atoms with Gasteiger partial charge in [0.05, 0.1) is 17.0 Å². The van der Waals surface area contributed by atoms with Crippen LogP contribution in [0.4, 0.5) is 18.9 Å². The number of hydrogen-bond donors (Lipinski definition) is 1. The van der Waals surface area contributed by atoms with E-state index >= 15 is 0 Å². The second-order valence-electron chi connectivity index (χ2n) is 10.4. The number of nitrogens with zero attached hydrogens (tertiary/aromatic N) is 4. The van der Waals surface area contributed by atoms with Crippen molar-refractivity contribution in [3.63, 3.8) is 0 Å². The molecule has 3 aliphatic rings. The van der Waals surface area contributed by atoms with E-state index in [1.165, 1.54) is 0 Å². The van der Waals surface area contributed by atoms with Crippen molar-refractivity contribution in [2.45, 2.75) is 83.5 Å². The molecule has 6 nitrogen and oxygen atoms in total. The predicted molar refractivity (Wildman–Crippen MR) is 133 cm³/mol. The smallest absolute Gasteiger partial charge is 0.382 e. The molecule has 2 heterocycles. The summed E-state index contributed by atoms with van der Waals surface area (Å²) in [6.07, 6.45) is 8.79. The molecule has 192 valence electrons. The van der Waals surface area contributed by atoms with Gasteiger partial charge in [-0.1, -0.05) is 19.4 Å². The zero-order chi connectivity index (χ0) is 25.4. The number of fused-ring (bicyclic) bond motifs is 1. The van der Waals surface area contributed by atoms with Crippen molar-refractivity contribution in [1.29, 1.82) is 0 Å². The average molecular weight is 500 g/mol. The van der Waals surface area contributed by atoms with E-state index in [1.807, 2.05) is 19.9 Å². The minimum Gasteiger partial charge on any atom is -0.382 e. The van der Waals surface area contributed by atoms with Crippen molar-refractivity contribution in [2.75, 3.05) is 5.32 Å². The molecule has 2 saturated carbocycles. The molecule has 0 saturated heterocycles. The third kappa shape index (κ3) is 5.39. The molecule has 0 radical (unpaired) electrons. The van der Waals surface area contributed by atoms with Crippen LogP contribution in [0, 0.1) is 11.8 Å². The van der Waals surface area contributed by atoms with Crippen LogP contribution in [0.25, 0.3) is 6.08 Å². The highest BCUT2D eigenvalue weighted by atomic mass is 19.4. The lowest BCUT2D eigenvalue weighted by Crippen LogP contribution is -2.29. The fraction of sp³-hybridized carbons (Fsp3) is 0.556. The van der Waals surface area contributed by atoms with Crippen molar-refractivity contribution >= 4 is 23.9 Å². The first kappa shape index (κ1) is 24.7. The van der Waals surface area contributed by atoms with Crippen molar-refractivity contribution in [1.82, 2.24) is 14.8 Å². The van der Waals surface area contributed by atoms with Gasteiger partial charge in [0, 0.05) is 42.2 Å². The molecule has 1 N–H and O–H groups in total. The van der Waals surface area contributed by atoms with E-state index in [-0.39, 0.29) is 23.8 Å². The fourth-order valence-electron chi connectivity index (χ4n) is 5.24. The molecule has 0 aromatic carbocycles. The summed E-state index contributed by atoms with van der Waals surface area (Å²) in [7, 11) is 0. The molecule has 2 aromatic rings. The normalized spacial score (nSPS) is 24.2. The van der Waals surface area contributed by atoms with Gasteiger partial charge in [0.15, 0.2) is 0 Å². The molecule has 2 unspecified atom stereocenters. The summed E-state index contributed by atoms with van der Waals surface area (Å²) in [5.41, 5.74) is 2.32. The Labute approximate surface area is 209 Å². The van der Waals surface area contributed by atoms with E-state index in [4.69, 9.17) is 0 Å². The Hall–Kier alpha value is -2.97. The number of aryl methyl sites for hydroxylation is 1. The van der Waals surface area contributed by atoms with Gasteiger partial charge in [-0.3, -0.25) is 9.48 Å². The van der Waals surface area contributed by atoms with Gasteiger partial charge in [0.25, 0.3) is 5.91 Å². The highest BCUT2D eigenvalue weighted by Crippen LogP contribution is 2.41. The lowest BCUT2D eigenvalue weighted by molar-refractivity contribution is -0.141. The first-order valence-corrected chi connectivity index (χ1v) is 12.9. The molecule has 36 heavy (non-hydrogen) atoms. The summed E-state index contributed by atoms with van der Waals surface area (Å²) in [5.74, 6) is 0.432. The molecule has 0 aliphatic heterocycles. The number of aliphatic imine (C=N–C) groups is 1. The molecule has 1 amide bonds. The summed E-state index contributed by atoms with van der Waals surface area (Å²) in [4.78, 5) is 21.0. The number of hydrogen-bond acceptors (Lipinski definition) is 4. The van der Waals surface area contributed by atoms with E-state index in [2.05, 4.69) is 20.4 Å². The Morgan fingerprint density at radius 2 is 2.08 bits per heavy atom. The zero-order valence-corrected chi connectivity index (χ0v) is 20.7. The molecule has 2 fully saturated rings. The number of carbonyl (C=O) groups is 1. The molecule has 0 bridgehead atoms. The lowest BCUT2D eigenvalue weighted by atomic mass is 9.85. The average Bonchev–Trinajstić information content (AvgIpc) is 3.60. The second-order valence-corrected chi connectivity index (χ2v) is 10.4. The Bertz CT molecular complexity index is 1190. The molecule has 0 spiro atoms. The van der Waals surface area contributed by atoms with Gasteiger partial charge in [-0.2, -0.15) is 18.3 Å². The summed E-state index contributed by atoms with van der Waals surface area (Å²) < 4.78 is 42.3. The maximum Gasteiger partial charge on any atom is 0.433 e. The van der Waals surface area contributed by atoms with Crippen LogP contribution in [0.1, 0.15) is 91.3 Å². The zero-order valence-electron chi connectivity index (χ0n) is 20.7. The number of allylic oxidation sites excluding steroid dienone is 1. The van der Waals surface area contributed by atoms with Crippen LogP contribution >= 0.6 is 0 Å². The molecule has 5 rings (SSSR count). The van der Waals surface area contributed by atoms with Crippen LogP contribution in [0.2, 0.25) is 0 Å². The maximum atomic E-state index is 13.5. The summed E-state index contributed by atoms with van der Waals surface area (Å²) >= 11 is 0. The third-order valence-corrected chi connectivity index (χ3v) is 7.34. The summed E-state index contributed by atoms with van der Waals surface area (Å²) in [6, 6.07) is 1.15. The number of amides is 1. The van der Waals surface area contributed by atoms with Gasteiger partial charge >= 0.3 is 6.18 Å². The largest absolute Gasteiger partial charge is 0.433 e. The van der Waals surface area contributed by atoms with Crippen LogP contribution < -0.4 is 5.32 Å². The Morgan fingerprint density at radius 1 is 1.28 bits per heavy atom. The van der Waals surface area contributed by atoms with Crippen LogP contribution in [-0.4, -0.2) is 32.9 Å². The standard InChI is InChI=1S/C27H32F3N5O/c1-3-35-15-21(25(34-35)18-8-9-18)26(36)31-14-17-5-4-6-19(12-17)32-23-13-24(27(28,29)30)33-22-10-7-16(2)11-20(22)23/h7,10,13-19H,3-6,8-9,11-12H2,1-2H3,(H,32,33)/t16?,17?,19-/m0/s1. The molecular weight excluding hydrogens is 467 g/mol. The van der Waals surface area contributed by atoms with E-state index in [1.54, 1.807) is 23.2 Å². The molecular formula is C27H32F3N5O. The topological polar surface area (TPSA) is 72.2 Å². The Kier molecular flexibility index (Phi) is 6.74. The first-order chi connectivity index (χ1) is 17.2. The van der Waals surface area contributed by atoms with Crippen molar-refractivity contribution in [3.05, 3.63) is 46.5 Å². The number of anilines is 1. The number of alkyl halides is 3. The number of halogens is 3. The first-order valence-electron chi connectivity index (χ1n) is 12.9. The quantitative estimate of drug-likeness (QED) is 0.475. The highest BCUT2D eigenvalue weighted by Gasteiger charge is 2.35. The lowest BCUT2D eigenvalue weighted by Gasteiger charge is -2.30. The van der Waals surface area contributed by atoms with Crippen molar-refractivity contribution in [2.24, 2.45) is 16.8 Å². The number of aromatic nitrogens is 3. The maximum absolute atomic E-state index is 13.5. The van der Waals surface area contributed by atoms with Gasteiger partial charge in [0.1, 0.15) is 5.69 Å². The third-order valence-electron chi connectivity index (χ3n) is 7.34. The number of rotatable bonds is 6. The van der Waals surface area contributed by atoms with Gasteiger partial charge in [-0.25, -0.2) is 9.98 Å². The van der Waals surface area contributed by atoms with Gasteiger partial charge in [0.2, 0.25) is 0 Å². The van der Waals surface area contributed by atoms with Crippen LogP contribution in [0.5, 0.6) is 0 Å². The van der Waals surface area contributed by atoms with E-state index < -0.39 is 11.9 Å². The van der Waals surface area contributed by atoms with Crippen LogP contribution in [0.3, 0.4) is 0 Å². The Morgan fingerprint density at radius 3 is 2.81 bits per heavy atom. The Balaban J connectivity index is 1.30. The van der Waals surface area contributed by atoms with Crippen LogP contribution in [-0.2, 0) is 19.1 Å². The summed E-state index contributed by atoms with van der Waals surface area (Å²) in [5, 5.41) is 7.95. The molecule has 3 aliphatic carbocycles. The van der Waals surface area contributed by atoms with Crippen LogP contribution in [0.15, 0.2) is 23.3 Å². The number of carbonyl (C=O) groups excluding carboxylic acids is 1.